The average molecular weight is 579 g/mol. The number of carbonyl (C=O) groups is 4. The molecule has 4 amide bonds. The number of thiol groups is 2. The Morgan fingerprint density at radius 2 is 0.925 bits per heavy atom. The van der Waals surface area contributed by atoms with E-state index in [0.717, 1.165) is 0 Å². The Labute approximate surface area is 245 Å². The van der Waals surface area contributed by atoms with E-state index in [-0.39, 0.29) is 11.1 Å². The quantitative estimate of drug-likeness (QED) is 0.198. The standard InChI is InChI=1S/C30H34N4O4S2/c1-29(2,39)23(27(37)31-21-14-7-5-8-15-21)33-25(35)19-12-11-13-20(18-19)26(36)34-24(30(3,4)40)28(38)32-22-16-9-6-10-17-22/h5-18,23-24,39-40H,1-4H3,(H,31,37)(H,32,38)(H,33,35)(H,34,36). The van der Waals surface area contributed by atoms with Gasteiger partial charge in [-0.2, -0.15) is 25.3 Å². The first-order chi connectivity index (χ1) is 18.8. The zero-order valence-electron chi connectivity index (χ0n) is 22.8. The molecule has 2 unspecified atom stereocenters. The van der Waals surface area contributed by atoms with Gasteiger partial charge in [-0.3, -0.25) is 19.2 Å². The van der Waals surface area contributed by atoms with Gasteiger partial charge in [0.2, 0.25) is 11.8 Å². The van der Waals surface area contributed by atoms with E-state index in [2.05, 4.69) is 46.5 Å². The summed E-state index contributed by atoms with van der Waals surface area (Å²) in [7, 11) is 0. The molecule has 3 aromatic carbocycles. The van der Waals surface area contributed by atoms with Gasteiger partial charge in [-0.25, -0.2) is 0 Å². The van der Waals surface area contributed by atoms with Crippen molar-refractivity contribution in [3.63, 3.8) is 0 Å². The Bertz CT molecular complexity index is 1250. The van der Waals surface area contributed by atoms with Crippen LogP contribution < -0.4 is 21.3 Å². The second-order valence-electron chi connectivity index (χ2n) is 10.4. The lowest BCUT2D eigenvalue weighted by Gasteiger charge is -2.30. The molecule has 0 bridgehead atoms. The van der Waals surface area contributed by atoms with E-state index in [4.69, 9.17) is 0 Å². The molecule has 0 aromatic heterocycles. The van der Waals surface area contributed by atoms with Crippen molar-refractivity contribution in [1.29, 1.82) is 0 Å². The van der Waals surface area contributed by atoms with E-state index in [1.54, 1.807) is 82.3 Å². The molecule has 0 radical (unpaired) electrons. The van der Waals surface area contributed by atoms with E-state index in [1.807, 2.05) is 12.1 Å². The highest BCUT2D eigenvalue weighted by molar-refractivity contribution is 7.82. The number of carbonyl (C=O) groups excluding carboxylic acids is 4. The minimum Gasteiger partial charge on any atom is -0.339 e. The molecular weight excluding hydrogens is 544 g/mol. The van der Waals surface area contributed by atoms with Crippen molar-refractivity contribution in [2.75, 3.05) is 10.6 Å². The molecule has 10 heteroatoms. The first-order valence-electron chi connectivity index (χ1n) is 12.6. The molecule has 210 valence electrons. The predicted octanol–water partition coefficient (Wildman–Crippen LogP) is 4.58. The van der Waals surface area contributed by atoms with Gasteiger partial charge >= 0.3 is 0 Å². The maximum absolute atomic E-state index is 13.2. The van der Waals surface area contributed by atoms with Crippen LogP contribution in [0.25, 0.3) is 0 Å². The summed E-state index contributed by atoms with van der Waals surface area (Å²) in [6, 6.07) is 21.8. The highest BCUT2D eigenvalue weighted by Crippen LogP contribution is 2.22. The fourth-order valence-electron chi connectivity index (χ4n) is 3.83. The van der Waals surface area contributed by atoms with Crippen LogP contribution in [0, 0.1) is 0 Å². The van der Waals surface area contributed by atoms with Crippen LogP contribution in [0.1, 0.15) is 48.4 Å². The molecule has 0 aliphatic heterocycles. The molecule has 3 rings (SSSR count). The van der Waals surface area contributed by atoms with E-state index < -0.39 is 45.2 Å². The Morgan fingerprint density at radius 3 is 1.25 bits per heavy atom. The Balaban J connectivity index is 1.75. The zero-order valence-corrected chi connectivity index (χ0v) is 24.6. The number of hydrogen-bond acceptors (Lipinski definition) is 6. The lowest BCUT2D eigenvalue weighted by Crippen LogP contribution is -2.54. The molecule has 0 aliphatic carbocycles. The van der Waals surface area contributed by atoms with Crippen molar-refractivity contribution in [3.05, 3.63) is 96.1 Å². The summed E-state index contributed by atoms with van der Waals surface area (Å²) in [4.78, 5) is 52.4. The highest BCUT2D eigenvalue weighted by atomic mass is 32.1. The number of hydrogen-bond donors (Lipinski definition) is 6. The average Bonchev–Trinajstić information content (AvgIpc) is 2.89. The van der Waals surface area contributed by atoms with Gasteiger partial charge in [-0.15, -0.1) is 0 Å². The van der Waals surface area contributed by atoms with Crippen molar-refractivity contribution < 1.29 is 19.2 Å². The number of para-hydroxylation sites is 2. The minimum atomic E-state index is -0.989. The molecular formula is C30H34N4O4S2. The third-order valence-corrected chi connectivity index (χ3v) is 6.47. The Hall–Kier alpha value is -3.76. The molecule has 0 fully saturated rings. The van der Waals surface area contributed by atoms with Gasteiger partial charge in [0.15, 0.2) is 0 Å². The van der Waals surface area contributed by atoms with Crippen LogP contribution in [0.5, 0.6) is 0 Å². The van der Waals surface area contributed by atoms with Gasteiger partial charge in [0.1, 0.15) is 12.1 Å². The molecule has 4 N–H and O–H groups in total. The molecule has 0 heterocycles. The maximum Gasteiger partial charge on any atom is 0.251 e. The number of anilines is 2. The largest absolute Gasteiger partial charge is 0.339 e. The van der Waals surface area contributed by atoms with E-state index in [1.165, 1.54) is 18.2 Å². The fourth-order valence-corrected chi connectivity index (χ4v) is 4.19. The van der Waals surface area contributed by atoms with Crippen LogP contribution in [0.2, 0.25) is 0 Å². The second kappa shape index (κ2) is 13.1. The van der Waals surface area contributed by atoms with E-state index >= 15 is 0 Å². The van der Waals surface area contributed by atoms with E-state index in [0.29, 0.717) is 11.4 Å². The van der Waals surface area contributed by atoms with Crippen LogP contribution in [-0.4, -0.2) is 45.2 Å². The van der Waals surface area contributed by atoms with Crippen LogP contribution in [-0.2, 0) is 9.59 Å². The first kappa shape index (κ1) is 30.8. The summed E-state index contributed by atoms with van der Waals surface area (Å²) in [5, 5.41) is 11.0. The third-order valence-electron chi connectivity index (χ3n) is 5.96. The van der Waals surface area contributed by atoms with Crippen LogP contribution in [0.3, 0.4) is 0 Å². The van der Waals surface area contributed by atoms with Gasteiger partial charge in [-0.05, 0) is 70.2 Å². The Kier molecular flexibility index (Phi) is 10.1. The molecule has 0 spiro atoms. The topological polar surface area (TPSA) is 116 Å². The highest BCUT2D eigenvalue weighted by Gasteiger charge is 2.35. The fraction of sp³-hybridized carbons (Fsp3) is 0.267. The number of rotatable bonds is 10. The van der Waals surface area contributed by atoms with Crippen LogP contribution in [0.4, 0.5) is 11.4 Å². The molecule has 3 aromatic rings. The van der Waals surface area contributed by atoms with Crippen molar-refractivity contribution in [2.45, 2.75) is 49.3 Å². The smallest absolute Gasteiger partial charge is 0.251 e. The van der Waals surface area contributed by atoms with E-state index in [9.17, 15) is 19.2 Å². The first-order valence-corrected chi connectivity index (χ1v) is 13.5. The molecule has 8 nitrogen and oxygen atoms in total. The van der Waals surface area contributed by atoms with Crippen LogP contribution in [0.15, 0.2) is 84.9 Å². The van der Waals surface area contributed by atoms with Gasteiger partial charge in [0, 0.05) is 32.0 Å². The van der Waals surface area contributed by atoms with Crippen molar-refractivity contribution in [1.82, 2.24) is 10.6 Å². The second-order valence-corrected chi connectivity index (χ2v) is 12.7. The van der Waals surface area contributed by atoms with Gasteiger partial charge in [-0.1, -0.05) is 42.5 Å². The van der Waals surface area contributed by atoms with Crippen molar-refractivity contribution in [3.8, 4) is 0 Å². The van der Waals surface area contributed by atoms with Crippen molar-refractivity contribution in [2.24, 2.45) is 0 Å². The number of nitrogens with one attached hydrogen (secondary N) is 4. The molecule has 0 saturated heterocycles. The number of amides is 4. The maximum atomic E-state index is 13.2. The summed E-state index contributed by atoms with van der Waals surface area (Å²) >= 11 is 9.06. The third kappa shape index (κ3) is 8.62. The molecule has 0 saturated carbocycles. The summed E-state index contributed by atoms with van der Waals surface area (Å²) < 4.78 is -1.80. The van der Waals surface area contributed by atoms with Crippen LogP contribution >= 0.6 is 25.3 Å². The van der Waals surface area contributed by atoms with Gasteiger partial charge < -0.3 is 21.3 Å². The normalized spacial score (nSPS) is 12.9. The summed E-state index contributed by atoms with van der Waals surface area (Å²) in [5.74, 6) is -1.98. The molecule has 2 atom stereocenters. The summed E-state index contributed by atoms with van der Waals surface area (Å²) in [6.07, 6.45) is 0. The SMILES string of the molecule is CC(C)(S)C(NC(=O)c1cccc(C(=O)NC(C(=O)Nc2ccccc2)C(C)(C)S)c1)C(=O)Nc1ccccc1. The monoisotopic (exact) mass is 578 g/mol. The summed E-state index contributed by atoms with van der Waals surface area (Å²) in [6.45, 7) is 6.87. The van der Waals surface area contributed by atoms with Gasteiger partial charge in [0.25, 0.3) is 11.8 Å². The molecule has 0 aliphatic rings. The number of benzene rings is 3. The lowest BCUT2D eigenvalue weighted by molar-refractivity contribution is -0.119. The molecule has 40 heavy (non-hydrogen) atoms. The van der Waals surface area contributed by atoms with Crippen molar-refractivity contribution >= 4 is 60.3 Å². The summed E-state index contributed by atoms with van der Waals surface area (Å²) in [5.41, 5.74) is 1.50. The van der Waals surface area contributed by atoms with Gasteiger partial charge in [0.05, 0.1) is 0 Å². The Morgan fingerprint density at radius 1 is 0.575 bits per heavy atom. The predicted molar refractivity (Wildman–Crippen MR) is 165 cm³/mol. The zero-order chi connectivity index (χ0) is 29.5. The lowest BCUT2D eigenvalue weighted by atomic mass is 10.00. The minimum absolute atomic E-state index is 0.165.